The highest BCUT2D eigenvalue weighted by Gasteiger charge is 2.43. The second-order valence-corrected chi connectivity index (χ2v) is 10.5. The number of methoxy groups -OCH3 is 1. The minimum Gasteiger partial charge on any atom is -0.494 e. The van der Waals surface area contributed by atoms with E-state index in [1.54, 1.807) is 6.07 Å². The first kappa shape index (κ1) is 26.1. The highest BCUT2D eigenvalue weighted by Crippen LogP contribution is 2.45. The van der Waals surface area contributed by atoms with Crippen LogP contribution in [0.4, 0.5) is 13.2 Å². The van der Waals surface area contributed by atoms with Gasteiger partial charge in [-0.1, -0.05) is 37.3 Å². The van der Waals surface area contributed by atoms with Crippen molar-refractivity contribution in [2.24, 2.45) is 11.8 Å². The molecule has 2 saturated carbocycles. The van der Waals surface area contributed by atoms with Gasteiger partial charge in [-0.15, -0.1) is 0 Å². The summed E-state index contributed by atoms with van der Waals surface area (Å²) in [6, 6.07) is 13.2. The molecule has 0 radical (unpaired) electrons. The highest BCUT2D eigenvalue weighted by molar-refractivity contribution is 5.64. The quantitative estimate of drug-likeness (QED) is 0.351. The summed E-state index contributed by atoms with van der Waals surface area (Å²) in [5, 5.41) is 0. The number of rotatable bonds is 9. The molecule has 35 heavy (non-hydrogen) atoms. The molecule has 2 aromatic rings. The molecule has 2 nitrogen and oxygen atoms in total. The second-order valence-electron chi connectivity index (χ2n) is 10.5. The molecule has 5 heteroatoms. The SMILES string of the molecule is CCCOC1CCC(C(F)(F)CC2CCC(c3ccc(-c4ccc(OC)c(F)c4)cc3)CC2)CC1. The van der Waals surface area contributed by atoms with Crippen LogP contribution in [0.3, 0.4) is 0 Å². The molecule has 0 amide bonds. The first-order valence-corrected chi connectivity index (χ1v) is 13.3. The van der Waals surface area contributed by atoms with Gasteiger partial charge in [0.15, 0.2) is 11.6 Å². The van der Waals surface area contributed by atoms with Crippen molar-refractivity contribution in [1.29, 1.82) is 0 Å². The predicted molar refractivity (Wildman–Crippen MR) is 135 cm³/mol. The normalized spacial score (nSPS) is 25.4. The van der Waals surface area contributed by atoms with Gasteiger partial charge in [-0.2, -0.15) is 0 Å². The number of hydrogen-bond donors (Lipinski definition) is 0. The molecule has 0 bridgehead atoms. The molecular weight excluding hydrogens is 449 g/mol. The number of ether oxygens (including phenoxy) is 2. The summed E-state index contributed by atoms with van der Waals surface area (Å²) in [7, 11) is 1.46. The molecule has 2 aliphatic rings. The number of hydrogen-bond acceptors (Lipinski definition) is 2. The Morgan fingerprint density at radius 3 is 2.11 bits per heavy atom. The average Bonchev–Trinajstić information content (AvgIpc) is 2.88. The van der Waals surface area contributed by atoms with Gasteiger partial charge in [0.05, 0.1) is 13.2 Å². The molecule has 0 aromatic heterocycles. The lowest BCUT2D eigenvalue weighted by Gasteiger charge is -2.37. The Morgan fingerprint density at radius 1 is 0.857 bits per heavy atom. The molecule has 0 atom stereocenters. The van der Waals surface area contributed by atoms with Gasteiger partial charge >= 0.3 is 0 Å². The lowest BCUT2D eigenvalue weighted by atomic mass is 9.73. The molecule has 4 rings (SSSR count). The Bertz CT molecular complexity index is 927. The Balaban J connectivity index is 1.27. The summed E-state index contributed by atoms with van der Waals surface area (Å²) >= 11 is 0. The average molecular weight is 489 g/mol. The van der Waals surface area contributed by atoms with E-state index in [1.165, 1.54) is 18.7 Å². The molecule has 2 fully saturated rings. The van der Waals surface area contributed by atoms with Crippen molar-refractivity contribution in [3.63, 3.8) is 0 Å². The van der Waals surface area contributed by atoms with Crippen molar-refractivity contribution < 1.29 is 22.6 Å². The summed E-state index contributed by atoms with van der Waals surface area (Å²) in [4.78, 5) is 0. The van der Waals surface area contributed by atoms with Crippen molar-refractivity contribution in [1.82, 2.24) is 0 Å². The van der Waals surface area contributed by atoms with Crippen molar-refractivity contribution in [2.75, 3.05) is 13.7 Å². The smallest absolute Gasteiger partial charge is 0.251 e. The molecule has 2 aliphatic carbocycles. The zero-order valence-electron chi connectivity index (χ0n) is 21.1. The molecule has 0 N–H and O–H groups in total. The van der Waals surface area contributed by atoms with E-state index in [1.807, 2.05) is 18.2 Å². The van der Waals surface area contributed by atoms with Crippen LogP contribution >= 0.6 is 0 Å². The summed E-state index contributed by atoms with van der Waals surface area (Å²) in [5.41, 5.74) is 3.02. The van der Waals surface area contributed by atoms with Gasteiger partial charge in [0, 0.05) is 18.9 Å². The maximum Gasteiger partial charge on any atom is 0.251 e. The maximum absolute atomic E-state index is 15.1. The number of alkyl halides is 2. The minimum atomic E-state index is -2.57. The van der Waals surface area contributed by atoms with Crippen molar-refractivity contribution in [3.05, 3.63) is 53.8 Å². The molecule has 0 saturated heterocycles. The summed E-state index contributed by atoms with van der Waals surface area (Å²) in [5.74, 6) is -2.67. The second kappa shape index (κ2) is 11.8. The van der Waals surface area contributed by atoms with Crippen LogP contribution in [0.5, 0.6) is 5.75 Å². The number of benzene rings is 2. The Hall–Kier alpha value is -2.01. The van der Waals surface area contributed by atoms with Crippen LogP contribution in [-0.4, -0.2) is 25.7 Å². The van der Waals surface area contributed by atoms with Gasteiger partial charge in [-0.05, 0) is 98.4 Å². The summed E-state index contributed by atoms with van der Waals surface area (Å²) in [6.07, 6.45) is 7.52. The standard InChI is InChI=1S/C30H39F3O2/c1-3-18-35-27-15-13-26(14-16-27)30(32,33)20-21-4-6-22(7-5-21)23-8-10-24(11-9-23)25-12-17-29(34-2)28(31)19-25/h8-12,17,19,21-22,26-27H,3-7,13-16,18,20H2,1-2H3. The van der Waals surface area contributed by atoms with Crippen LogP contribution < -0.4 is 4.74 Å². The fraction of sp³-hybridized carbons (Fsp3) is 0.600. The van der Waals surface area contributed by atoms with Crippen LogP contribution in [0, 0.1) is 17.7 Å². The first-order valence-electron chi connectivity index (χ1n) is 13.3. The zero-order chi connectivity index (χ0) is 24.8. The largest absolute Gasteiger partial charge is 0.494 e. The molecule has 0 heterocycles. The van der Waals surface area contributed by atoms with Gasteiger partial charge in [-0.3, -0.25) is 0 Å². The lowest BCUT2D eigenvalue weighted by molar-refractivity contribution is -0.105. The third-order valence-electron chi connectivity index (χ3n) is 8.10. The van der Waals surface area contributed by atoms with E-state index >= 15 is 8.78 Å². The van der Waals surface area contributed by atoms with E-state index in [0.29, 0.717) is 18.8 Å². The van der Waals surface area contributed by atoms with E-state index in [-0.39, 0.29) is 30.0 Å². The van der Waals surface area contributed by atoms with Crippen LogP contribution in [-0.2, 0) is 4.74 Å². The zero-order valence-corrected chi connectivity index (χ0v) is 21.1. The fourth-order valence-corrected chi connectivity index (χ4v) is 5.98. The summed E-state index contributed by atoms with van der Waals surface area (Å²) in [6.45, 7) is 2.81. The Morgan fingerprint density at radius 2 is 1.51 bits per heavy atom. The van der Waals surface area contributed by atoms with E-state index < -0.39 is 11.8 Å². The lowest BCUT2D eigenvalue weighted by Crippen LogP contribution is -2.36. The van der Waals surface area contributed by atoms with Gasteiger partial charge in [0.25, 0.3) is 5.92 Å². The Kier molecular flexibility index (Phi) is 8.80. The van der Waals surface area contributed by atoms with E-state index in [4.69, 9.17) is 9.47 Å². The third-order valence-corrected chi connectivity index (χ3v) is 8.10. The molecule has 2 aromatic carbocycles. The molecule has 0 unspecified atom stereocenters. The van der Waals surface area contributed by atoms with Gasteiger partial charge in [0.1, 0.15) is 0 Å². The predicted octanol–water partition coefficient (Wildman–Crippen LogP) is 8.79. The van der Waals surface area contributed by atoms with E-state index in [0.717, 1.165) is 62.7 Å². The topological polar surface area (TPSA) is 18.5 Å². The van der Waals surface area contributed by atoms with Gasteiger partial charge in [0.2, 0.25) is 0 Å². The monoisotopic (exact) mass is 488 g/mol. The molecular formula is C30H39F3O2. The molecule has 0 aliphatic heterocycles. The number of halogens is 3. The maximum atomic E-state index is 15.1. The minimum absolute atomic E-state index is 0.0346. The molecule has 0 spiro atoms. The summed E-state index contributed by atoms with van der Waals surface area (Å²) < 4.78 is 55.0. The van der Waals surface area contributed by atoms with E-state index in [2.05, 4.69) is 19.1 Å². The van der Waals surface area contributed by atoms with Crippen LogP contribution in [0.2, 0.25) is 0 Å². The van der Waals surface area contributed by atoms with Gasteiger partial charge < -0.3 is 9.47 Å². The van der Waals surface area contributed by atoms with Crippen LogP contribution in [0.25, 0.3) is 11.1 Å². The molecule has 192 valence electrons. The van der Waals surface area contributed by atoms with Crippen LogP contribution in [0.1, 0.15) is 82.6 Å². The fourth-order valence-electron chi connectivity index (χ4n) is 5.98. The van der Waals surface area contributed by atoms with Crippen molar-refractivity contribution in [3.8, 4) is 16.9 Å². The Labute approximate surface area is 208 Å². The third kappa shape index (κ3) is 6.61. The van der Waals surface area contributed by atoms with Gasteiger partial charge in [-0.25, -0.2) is 13.2 Å². The van der Waals surface area contributed by atoms with Crippen molar-refractivity contribution in [2.45, 2.75) is 89.1 Å². The van der Waals surface area contributed by atoms with E-state index in [9.17, 15) is 4.39 Å². The first-order chi connectivity index (χ1) is 16.9. The van der Waals surface area contributed by atoms with Crippen molar-refractivity contribution >= 4 is 0 Å². The van der Waals surface area contributed by atoms with Crippen LogP contribution in [0.15, 0.2) is 42.5 Å². The highest BCUT2D eigenvalue weighted by atomic mass is 19.3.